The molecule has 1 heterocycles. The maximum Gasteiger partial charge on any atom is 0.0592 e. The summed E-state index contributed by atoms with van der Waals surface area (Å²) >= 11 is 2.03. The summed E-state index contributed by atoms with van der Waals surface area (Å²) in [6.07, 6.45) is 3.69. The first-order chi connectivity index (χ1) is 11.6. The third-order valence-electron chi connectivity index (χ3n) is 5.19. The van der Waals surface area contributed by atoms with Crippen LogP contribution in [-0.2, 0) is 0 Å². The van der Waals surface area contributed by atoms with E-state index in [0.29, 0.717) is 0 Å². The molecule has 3 rings (SSSR count). The molecular weight excluding hydrogens is 310 g/mol. The summed E-state index contributed by atoms with van der Waals surface area (Å²) in [4.78, 5) is 1.43. The average Bonchev–Trinajstić information content (AvgIpc) is 2.79. The first-order valence-corrected chi connectivity index (χ1v) is 10.2. The fraction of sp³-hybridized carbons (Fsp3) is 0.455. The van der Waals surface area contributed by atoms with Crippen LogP contribution in [0.15, 0.2) is 59.5 Å². The Kier molecular flexibility index (Phi) is 5.68. The molecule has 0 aromatic heterocycles. The Balaban J connectivity index is 1.99. The second kappa shape index (κ2) is 7.76. The first kappa shape index (κ1) is 17.6. The summed E-state index contributed by atoms with van der Waals surface area (Å²) in [5.41, 5.74) is 3.00. The van der Waals surface area contributed by atoms with Crippen LogP contribution in [0.4, 0.5) is 0 Å². The quantitative estimate of drug-likeness (QED) is 0.711. The molecular formula is C22H29NS. The molecule has 2 heteroatoms. The largest absolute Gasteiger partial charge is 0.300 e. The molecule has 0 saturated heterocycles. The molecule has 1 N–H and O–H groups in total. The number of fused-ring (bicyclic) bond motifs is 1. The minimum Gasteiger partial charge on any atom is -0.300 e. The summed E-state index contributed by atoms with van der Waals surface area (Å²) in [7, 11) is 0. The minimum absolute atomic E-state index is 0.203. The lowest BCUT2D eigenvalue weighted by atomic mass is 9.86. The van der Waals surface area contributed by atoms with Crippen LogP contribution in [0.1, 0.15) is 57.2 Å². The van der Waals surface area contributed by atoms with E-state index in [0.717, 1.165) is 11.7 Å². The molecule has 0 amide bonds. The second-order valence-electron chi connectivity index (χ2n) is 7.38. The zero-order chi connectivity index (χ0) is 17.0. The third-order valence-corrected chi connectivity index (χ3v) is 6.57. The molecule has 0 spiro atoms. The van der Waals surface area contributed by atoms with Crippen molar-refractivity contribution in [1.82, 2.24) is 5.32 Å². The van der Waals surface area contributed by atoms with E-state index in [2.05, 4.69) is 80.7 Å². The van der Waals surface area contributed by atoms with Gasteiger partial charge in [0, 0.05) is 16.2 Å². The molecule has 0 fully saturated rings. The van der Waals surface area contributed by atoms with Gasteiger partial charge in [-0.15, -0.1) is 11.8 Å². The predicted octanol–water partition coefficient (Wildman–Crippen LogP) is 6.06. The maximum absolute atomic E-state index is 4.09. The van der Waals surface area contributed by atoms with Crippen molar-refractivity contribution in [1.29, 1.82) is 0 Å². The highest BCUT2D eigenvalue weighted by Crippen LogP contribution is 2.40. The van der Waals surface area contributed by atoms with Crippen LogP contribution in [0.5, 0.6) is 0 Å². The van der Waals surface area contributed by atoms with Gasteiger partial charge in [0.1, 0.15) is 0 Å². The standard InChI is InChI=1S/C22H29NS/c1-4-22(15-14-17(2)3)16-24-20-13-9-8-12-19(20)21(23-22)18-10-6-5-7-11-18/h5-13,17,21,23H,4,14-16H2,1-3H3/t21-,22+/m0/s1. The van der Waals surface area contributed by atoms with Crippen molar-refractivity contribution >= 4 is 11.8 Å². The summed E-state index contributed by atoms with van der Waals surface area (Å²) in [5, 5.41) is 4.09. The van der Waals surface area contributed by atoms with Gasteiger partial charge in [0.05, 0.1) is 6.04 Å². The highest BCUT2D eigenvalue weighted by atomic mass is 32.2. The van der Waals surface area contributed by atoms with Gasteiger partial charge in [0.15, 0.2) is 0 Å². The smallest absolute Gasteiger partial charge is 0.0592 e. The topological polar surface area (TPSA) is 12.0 Å². The monoisotopic (exact) mass is 339 g/mol. The van der Waals surface area contributed by atoms with Crippen LogP contribution in [0.25, 0.3) is 0 Å². The van der Waals surface area contributed by atoms with Crippen molar-refractivity contribution in [3.8, 4) is 0 Å². The lowest BCUT2D eigenvalue weighted by Gasteiger charge is -2.36. The molecule has 0 saturated carbocycles. The van der Waals surface area contributed by atoms with Crippen molar-refractivity contribution in [3.63, 3.8) is 0 Å². The van der Waals surface area contributed by atoms with E-state index in [9.17, 15) is 0 Å². The van der Waals surface area contributed by atoms with Gasteiger partial charge in [-0.3, -0.25) is 5.32 Å². The Morgan fingerprint density at radius 1 is 1.08 bits per heavy atom. The van der Waals surface area contributed by atoms with Crippen LogP contribution in [0.3, 0.4) is 0 Å². The van der Waals surface area contributed by atoms with E-state index in [1.807, 2.05) is 11.8 Å². The number of benzene rings is 2. The van der Waals surface area contributed by atoms with Gasteiger partial charge >= 0.3 is 0 Å². The fourth-order valence-corrected chi connectivity index (χ4v) is 4.88. The van der Waals surface area contributed by atoms with E-state index in [1.165, 1.54) is 35.3 Å². The number of hydrogen-bond donors (Lipinski definition) is 1. The highest BCUT2D eigenvalue weighted by Gasteiger charge is 2.35. The van der Waals surface area contributed by atoms with E-state index in [-0.39, 0.29) is 11.6 Å². The molecule has 2 aromatic rings. The Bertz CT molecular complexity index is 652. The van der Waals surface area contributed by atoms with Gasteiger partial charge in [0.2, 0.25) is 0 Å². The molecule has 2 aromatic carbocycles. The normalized spacial score (nSPS) is 23.8. The molecule has 2 atom stereocenters. The molecule has 1 nitrogen and oxygen atoms in total. The second-order valence-corrected chi connectivity index (χ2v) is 8.40. The van der Waals surface area contributed by atoms with Crippen molar-refractivity contribution in [2.75, 3.05) is 5.75 Å². The van der Waals surface area contributed by atoms with Crippen LogP contribution < -0.4 is 5.32 Å². The van der Waals surface area contributed by atoms with E-state index < -0.39 is 0 Å². The lowest BCUT2D eigenvalue weighted by Crippen LogP contribution is -2.48. The summed E-state index contributed by atoms with van der Waals surface area (Å²) < 4.78 is 0. The minimum atomic E-state index is 0.203. The molecule has 1 aliphatic heterocycles. The SMILES string of the molecule is CC[C@@]1(CCC(C)C)CSc2ccccc2[C@H](c2ccccc2)N1. The number of nitrogens with one attached hydrogen (secondary N) is 1. The van der Waals surface area contributed by atoms with Crippen LogP contribution in [0.2, 0.25) is 0 Å². The average molecular weight is 340 g/mol. The van der Waals surface area contributed by atoms with Gasteiger partial charge in [-0.2, -0.15) is 0 Å². The van der Waals surface area contributed by atoms with Crippen molar-refractivity contribution < 1.29 is 0 Å². The number of thioether (sulfide) groups is 1. The molecule has 24 heavy (non-hydrogen) atoms. The van der Waals surface area contributed by atoms with Crippen LogP contribution >= 0.6 is 11.8 Å². The molecule has 0 aliphatic carbocycles. The van der Waals surface area contributed by atoms with Gasteiger partial charge in [-0.05, 0) is 42.4 Å². The molecule has 0 bridgehead atoms. The summed E-state index contributed by atoms with van der Waals surface area (Å²) in [6.45, 7) is 7.00. The van der Waals surface area contributed by atoms with Crippen molar-refractivity contribution in [3.05, 3.63) is 65.7 Å². The lowest BCUT2D eigenvalue weighted by molar-refractivity contribution is 0.285. The number of rotatable bonds is 5. The first-order valence-electron chi connectivity index (χ1n) is 9.18. The van der Waals surface area contributed by atoms with E-state index in [4.69, 9.17) is 0 Å². The van der Waals surface area contributed by atoms with Crippen molar-refractivity contribution in [2.24, 2.45) is 5.92 Å². The Hall–Kier alpha value is -1.25. The van der Waals surface area contributed by atoms with Crippen LogP contribution in [-0.4, -0.2) is 11.3 Å². The maximum atomic E-state index is 4.09. The van der Waals surface area contributed by atoms with Gasteiger partial charge in [-0.1, -0.05) is 69.3 Å². The zero-order valence-corrected chi connectivity index (χ0v) is 15.9. The van der Waals surface area contributed by atoms with Crippen LogP contribution in [0, 0.1) is 5.92 Å². The van der Waals surface area contributed by atoms with Gasteiger partial charge < -0.3 is 0 Å². The Morgan fingerprint density at radius 3 is 2.50 bits per heavy atom. The van der Waals surface area contributed by atoms with Gasteiger partial charge in [0.25, 0.3) is 0 Å². The number of hydrogen-bond acceptors (Lipinski definition) is 2. The summed E-state index contributed by atoms with van der Waals surface area (Å²) in [6, 6.07) is 20.1. The molecule has 0 unspecified atom stereocenters. The molecule has 128 valence electrons. The predicted molar refractivity (Wildman–Crippen MR) is 106 cm³/mol. The van der Waals surface area contributed by atoms with Gasteiger partial charge in [-0.25, -0.2) is 0 Å². The Morgan fingerprint density at radius 2 is 1.79 bits per heavy atom. The summed E-state index contributed by atoms with van der Waals surface area (Å²) in [5.74, 6) is 1.90. The molecule has 1 aliphatic rings. The molecule has 0 radical (unpaired) electrons. The Labute approximate surface area is 151 Å². The van der Waals surface area contributed by atoms with Crippen molar-refractivity contribution in [2.45, 2.75) is 56.5 Å². The fourth-order valence-electron chi connectivity index (χ4n) is 3.49. The zero-order valence-electron chi connectivity index (χ0n) is 15.1. The van der Waals surface area contributed by atoms with E-state index >= 15 is 0 Å². The highest BCUT2D eigenvalue weighted by molar-refractivity contribution is 7.99. The van der Waals surface area contributed by atoms with E-state index in [1.54, 1.807) is 0 Å². The third kappa shape index (κ3) is 3.87.